The van der Waals surface area contributed by atoms with E-state index < -0.39 is 9.84 Å². The first-order chi connectivity index (χ1) is 13.4. The van der Waals surface area contributed by atoms with Gasteiger partial charge in [-0.15, -0.1) is 0 Å². The van der Waals surface area contributed by atoms with Crippen LogP contribution in [0.25, 0.3) is 0 Å². The average molecular weight is 416 g/mol. The second kappa shape index (κ2) is 11.3. The summed E-state index contributed by atoms with van der Waals surface area (Å²) in [7, 11) is -0.0975. The molecular formula is C20H37N3O4S. The summed E-state index contributed by atoms with van der Waals surface area (Å²) in [6.45, 7) is 7.26. The van der Waals surface area contributed by atoms with Crippen molar-refractivity contribution in [2.45, 2.75) is 70.2 Å². The number of methoxy groups -OCH3 is 2. The Morgan fingerprint density at radius 3 is 2.46 bits per heavy atom. The van der Waals surface area contributed by atoms with Crippen LogP contribution in [0.3, 0.4) is 0 Å². The lowest BCUT2D eigenvalue weighted by Gasteiger charge is -2.26. The van der Waals surface area contributed by atoms with Gasteiger partial charge in [-0.25, -0.2) is 13.4 Å². The van der Waals surface area contributed by atoms with E-state index in [1.165, 1.54) is 6.42 Å². The molecule has 162 valence electrons. The second-order valence-corrected chi connectivity index (χ2v) is 9.95. The molecule has 1 aromatic heterocycles. The smallest absolute Gasteiger partial charge is 0.227 e. The standard InChI is InChI=1S/C20H37N3O4S/c1-17(2)22(10-12-26-3)15-19-14-21-20(23(19)11-13-27-4)28(24,25)16-18-8-6-5-7-9-18/h14,17-18H,5-13,15-16H2,1-4H3. The van der Waals surface area contributed by atoms with E-state index in [1.807, 2.05) is 4.57 Å². The summed E-state index contributed by atoms with van der Waals surface area (Å²) in [5, 5.41) is 0.195. The van der Waals surface area contributed by atoms with E-state index in [-0.39, 0.29) is 16.8 Å². The van der Waals surface area contributed by atoms with Crippen LogP contribution in [-0.2, 0) is 32.4 Å². The van der Waals surface area contributed by atoms with Crippen LogP contribution < -0.4 is 0 Å². The van der Waals surface area contributed by atoms with Gasteiger partial charge in [-0.2, -0.15) is 0 Å². The van der Waals surface area contributed by atoms with Crippen molar-refractivity contribution in [3.63, 3.8) is 0 Å². The second-order valence-electron chi connectivity index (χ2n) is 8.02. The molecule has 2 rings (SSSR count). The van der Waals surface area contributed by atoms with E-state index in [1.54, 1.807) is 20.4 Å². The van der Waals surface area contributed by atoms with Crippen molar-refractivity contribution in [2.75, 3.05) is 39.7 Å². The summed E-state index contributed by atoms with van der Waals surface area (Å²) in [5.74, 6) is 0.456. The van der Waals surface area contributed by atoms with Gasteiger partial charge in [-0.3, -0.25) is 4.90 Å². The third kappa shape index (κ3) is 6.54. The zero-order chi connectivity index (χ0) is 20.6. The first kappa shape index (κ1) is 23.3. The molecule has 0 N–H and O–H groups in total. The number of sulfone groups is 1. The van der Waals surface area contributed by atoms with Crippen molar-refractivity contribution in [2.24, 2.45) is 5.92 Å². The molecule has 8 heteroatoms. The molecule has 1 saturated carbocycles. The van der Waals surface area contributed by atoms with Crippen LogP contribution >= 0.6 is 0 Å². The van der Waals surface area contributed by atoms with Gasteiger partial charge in [0.15, 0.2) is 0 Å². The van der Waals surface area contributed by atoms with Gasteiger partial charge < -0.3 is 14.0 Å². The summed E-state index contributed by atoms with van der Waals surface area (Å²) >= 11 is 0. The molecule has 1 aliphatic carbocycles. The normalized spacial score (nSPS) is 16.4. The molecule has 7 nitrogen and oxygen atoms in total. The average Bonchev–Trinajstić information content (AvgIpc) is 3.07. The molecule has 1 fully saturated rings. The molecule has 1 heterocycles. The number of ether oxygens (including phenoxy) is 2. The number of aromatic nitrogens is 2. The first-order valence-corrected chi connectivity index (χ1v) is 12.0. The van der Waals surface area contributed by atoms with Crippen LogP contribution in [0.15, 0.2) is 11.4 Å². The maximum Gasteiger partial charge on any atom is 0.227 e. The Bertz CT molecular complexity index is 682. The molecular weight excluding hydrogens is 378 g/mol. The van der Waals surface area contributed by atoms with Gasteiger partial charge >= 0.3 is 0 Å². The van der Waals surface area contributed by atoms with Crippen LogP contribution in [0.1, 0.15) is 51.6 Å². The highest BCUT2D eigenvalue weighted by atomic mass is 32.2. The molecule has 0 aliphatic heterocycles. The monoisotopic (exact) mass is 415 g/mol. The Hall–Kier alpha value is -0.960. The highest BCUT2D eigenvalue weighted by molar-refractivity contribution is 7.91. The number of rotatable bonds is 12. The zero-order valence-corrected chi connectivity index (χ0v) is 18.7. The molecule has 0 aromatic carbocycles. The minimum absolute atomic E-state index is 0.195. The zero-order valence-electron chi connectivity index (χ0n) is 17.9. The van der Waals surface area contributed by atoms with Gasteiger partial charge in [0.25, 0.3) is 0 Å². The Balaban J connectivity index is 2.23. The number of hydrogen-bond donors (Lipinski definition) is 0. The summed E-state index contributed by atoms with van der Waals surface area (Å²) < 4.78 is 38.5. The van der Waals surface area contributed by atoms with E-state index in [9.17, 15) is 8.42 Å². The third-order valence-electron chi connectivity index (χ3n) is 5.56. The quantitative estimate of drug-likeness (QED) is 0.523. The maximum atomic E-state index is 13.1. The Morgan fingerprint density at radius 2 is 1.86 bits per heavy atom. The fourth-order valence-corrected chi connectivity index (χ4v) is 5.72. The van der Waals surface area contributed by atoms with Crippen LogP contribution in [0.5, 0.6) is 0 Å². The van der Waals surface area contributed by atoms with E-state index in [4.69, 9.17) is 9.47 Å². The first-order valence-electron chi connectivity index (χ1n) is 10.4. The molecule has 0 saturated heterocycles. The molecule has 0 spiro atoms. The van der Waals surface area contributed by atoms with Gasteiger partial charge in [0.05, 0.1) is 30.9 Å². The lowest BCUT2D eigenvalue weighted by atomic mass is 9.91. The van der Waals surface area contributed by atoms with E-state index in [2.05, 4.69) is 23.7 Å². The Morgan fingerprint density at radius 1 is 1.18 bits per heavy atom. The van der Waals surface area contributed by atoms with E-state index >= 15 is 0 Å². The minimum Gasteiger partial charge on any atom is -0.383 e. The van der Waals surface area contributed by atoms with E-state index in [0.717, 1.165) is 37.9 Å². The van der Waals surface area contributed by atoms with Gasteiger partial charge in [0.2, 0.25) is 15.0 Å². The Kier molecular flexibility index (Phi) is 9.40. The van der Waals surface area contributed by atoms with Crippen LogP contribution in [0, 0.1) is 5.92 Å². The Labute approximate surface area is 170 Å². The molecule has 0 unspecified atom stereocenters. The summed E-state index contributed by atoms with van der Waals surface area (Å²) in [4.78, 5) is 6.63. The van der Waals surface area contributed by atoms with Gasteiger partial charge in [-0.05, 0) is 32.6 Å². The molecule has 0 radical (unpaired) electrons. The lowest BCUT2D eigenvalue weighted by Crippen LogP contribution is -2.34. The third-order valence-corrected chi connectivity index (χ3v) is 7.35. The highest BCUT2D eigenvalue weighted by Gasteiger charge is 2.28. The topological polar surface area (TPSA) is 73.7 Å². The van der Waals surface area contributed by atoms with Crippen molar-refractivity contribution < 1.29 is 17.9 Å². The SMILES string of the molecule is COCCN(Cc1cnc(S(=O)(=O)CC2CCCCC2)n1CCOC)C(C)C. The molecule has 1 aliphatic rings. The van der Waals surface area contributed by atoms with Crippen molar-refractivity contribution >= 4 is 9.84 Å². The van der Waals surface area contributed by atoms with Gasteiger partial charge in [0, 0.05) is 39.9 Å². The molecule has 0 atom stereocenters. The summed E-state index contributed by atoms with van der Waals surface area (Å²) in [6, 6.07) is 0.322. The van der Waals surface area contributed by atoms with Gasteiger partial charge in [0.1, 0.15) is 0 Å². The number of imidazole rings is 1. The van der Waals surface area contributed by atoms with Crippen LogP contribution in [-0.4, -0.2) is 68.6 Å². The number of hydrogen-bond acceptors (Lipinski definition) is 6. The van der Waals surface area contributed by atoms with Gasteiger partial charge in [-0.1, -0.05) is 19.3 Å². The maximum absolute atomic E-state index is 13.1. The predicted octanol–water partition coefficient (Wildman–Crippen LogP) is 2.74. The fraction of sp³-hybridized carbons (Fsp3) is 0.850. The fourth-order valence-electron chi connectivity index (χ4n) is 3.86. The molecule has 0 amide bonds. The molecule has 0 bridgehead atoms. The van der Waals surface area contributed by atoms with Crippen molar-refractivity contribution in [1.82, 2.24) is 14.5 Å². The molecule has 28 heavy (non-hydrogen) atoms. The molecule has 1 aromatic rings. The van der Waals surface area contributed by atoms with E-state index in [0.29, 0.717) is 32.3 Å². The van der Waals surface area contributed by atoms with Crippen molar-refractivity contribution in [3.8, 4) is 0 Å². The van der Waals surface area contributed by atoms with Crippen LogP contribution in [0.4, 0.5) is 0 Å². The summed E-state index contributed by atoms with van der Waals surface area (Å²) in [5.41, 5.74) is 0.907. The van der Waals surface area contributed by atoms with Crippen molar-refractivity contribution in [3.05, 3.63) is 11.9 Å². The largest absolute Gasteiger partial charge is 0.383 e. The van der Waals surface area contributed by atoms with Crippen LogP contribution in [0.2, 0.25) is 0 Å². The highest BCUT2D eigenvalue weighted by Crippen LogP contribution is 2.27. The predicted molar refractivity (Wildman–Crippen MR) is 110 cm³/mol. The lowest BCUT2D eigenvalue weighted by molar-refractivity contribution is 0.122. The summed E-state index contributed by atoms with van der Waals surface area (Å²) in [6.07, 6.45) is 7.20. The van der Waals surface area contributed by atoms with Crippen molar-refractivity contribution in [1.29, 1.82) is 0 Å². The number of nitrogens with zero attached hydrogens (tertiary/aromatic N) is 3. The minimum atomic E-state index is -3.42.